The second-order valence-corrected chi connectivity index (χ2v) is 6.29. The van der Waals surface area contributed by atoms with Crippen molar-refractivity contribution in [3.8, 4) is 0 Å². The van der Waals surface area contributed by atoms with Gasteiger partial charge in [-0.2, -0.15) is 0 Å². The molecular formula is C11H16FNO2S. The molecule has 0 heterocycles. The number of hydrogen-bond acceptors (Lipinski definition) is 3. The first-order chi connectivity index (χ1) is 7.28. The second-order valence-electron chi connectivity index (χ2n) is 4.10. The zero-order valence-corrected chi connectivity index (χ0v) is 10.4. The van der Waals surface area contributed by atoms with E-state index in [1.807, 2.05) is 0 Å². The van der Waals surface area contributed by atoms with Crippen LogP contribution in [0.25, 0.3) is 0 Å². The van der Waals surface area contributed by atoms with Gasteiger partial charge in [0.15, 0.2) is 0 Å². The summed E-state index contributed by atoms with van der Waals surface area (Å²) in [6.07, 6.45) is 1.18. The third-order valence-electron chi connectivity index (χ3n) is 2.14. The van der Waals surface area contributed by atoms with E-state index < -0.39 is 9.84 Å². The fourth-order valence-electron chi connectivity index (χ4n) is 1.46. The lowest BCUT2D eigenvalue weighted by atomic mass is 10.2. The van der Waals surface area contributed by atoms with Crippen LogP contribution in [0.2, 0.25) is 0 Å². The van der Waals surface area contributed by atoms with E-state index in [4.69, 9.17) is 0 Å². The Bertz CT molecular complexity index is 471. The van der Waals surface area contributed by atoms with Crippen molar-refractivity contribution in [3.05, 3.63) is 29.6 Å². The van der Waals surface area contributed by atoms with Crippen LogP contribution in [0, 0.1) is 12.7 Å². The summed E-state index contributed by atoms with van der Waals surface area (Å²) in [5.41, 5.74) is 1.17. The largest absolute Gasteiger partial charge is 0.381 e. The van der Waals surface area contributed by atoms with Crippen molar-refractivity contribution in [1.82, 2.24) is 0 Å². The molecule has 0 radical (unpaired) electrons. The van der Waals surface area contributed by atoms with E-state index in [1.165, 1.54) is 12.3 Å². The predicted octanol–water partition coefficient (Wildman–Crippen LogP) is 1.98. The van der Waals surface area contributed by atoms with Gasteiger partial charge >= 0.3 is 0 Å². The van der Waals surface area contributed by atoms with Crippen LogP contribution in [0.5, 0.6) is 0 Å². The van der Waals surface area contributed by atoms with E-state index in [0.29, 0.717) is 11.3 Å². The molecule has 0 spiro atoms. The lowest BCUT2D eigenvalue weighted by Gasteiger charge is -2.14. The molecule has 0 aliphatic carbocycles. The summed E-state index contributed by atoms with van der Waals surface area (Å²) in [5.74, 6) is -0.265. The van der Waals surface area contributed by atoms with Gasteiger partial charge in [-0.05, 0) is 31.5 Å². The number of halogens is 1. The highest BCUT2D eigenvalue weighted by atomic mass is 32.2. The monoisotopic (exact) mass is 245 g/mol. The van der Waals surface area contributed by atoms with Gasteiger partial charge in [-0.15, -0.1) is 0 Å². The molecule has 1 aromatic carbocycles. The van der Waals surface area contributed by atoms with Crippen LogP contribution in [0.15, 0.2) is 18.2 Å². The standard InChI is InChI=1S/C11H16FNO2S/c1-8-4-5-10(6-11(8)12)13-9(2)7-16(3,14)15/h4-6,9,13H,7H2,1-3H3. The Morgan fingerprint density at radius 2 is 2.06 bits per heavy atom. The molecule has 3 nitrogen and oxygen atoms in total. The third kappa shape index (κ3) is 4.18. The second kappa shape index (κ2) is 4.82. The van der Waals surface area contributed by atoms with Gasteiger partial charge in [-0.3, -0.25) is 0 Å². The zero-order valence-electron chi connectivity index (χ0n) is 9.62. The van der Waals surface area contributed by atoms with Crippen molar-refractivity contribution in [2.45, 2.75) is 19.9 Å². The van der Waals surface area contributed by atoms with Gasteiger partial charge < -0.3 is 5.32 Å². The number of hydrogen-bond donors (Lipinski definition) is 1. The lowest BCUT2D eigenvalue weighted by Crippen LogP contribution is -2.25. The summed E-state index contributed by atoms with van der Waals surface area (Å²) in [5, 5.41) is 2.95. The smallest absolute Gasteiger partial charge is 0.149 e. The Morgan fingerprint density at radius 1 is 1.44 bits per heavy atom. The Labute approximate surface area is 95.6 Å². The maximum Gasteiger partial charge on any atom is 0.149 e. The van der Waals surface area contributed by atoms with Crippen molar-refractivity contribution in [2.75, 3.05) is 17.3 Å². The minimum Gasteiger partial charge on any atom is -0.381 e. The third-order valence-corrected chi connectivity index (χ3v) is 3.24. The molecule has 5 heteroatoms. The van der Waals surface area contributed by atoms with Crippen molar-refractivity contribution in [1.29, 1.82) is 0 Å². The Kier molecular flexibility index (Phi) is 3.91. The highest BCUT2D eigenvalue weighted by Gasteiger charge is 2.10. The molecule has 1 rings (SSSR count). The number of nitrogens with one attached hydrogen (secondary N) is 1. The van der Waals surface area contributed by atoms with Gasteiger partial charge in [0.2, 0.25) is 0 Å². The molecular weight excluding hydrogens is 229 g/mol. The summed E-state index contributed by atoms with van der Waals surface area (Å²) in [4.78, 5) is 0. The van der Waals surface area contributed by atoms with Crippen molar-refractivity contribution < 1.29 is 12.8 Å². The average Bonchev–Trinajstić information content (AvgIpc) is 2.08. The van der Waals surface area contributed by atoms with Gasteiger partial charge in [-0.25, -0.2) is 12.8 Å². The lowest BCUT2D eigenvalue weighted by molar-refractivity contribution is 0.598. The molecule has 0 fully saturated rings. The van der Waals surface area contributed by atoms with Crippen molar-refractivity contribution >= 4 is 15.5 Å². The van der Waals surface area contributed by atoms with Crippen molar-refractivity contribution in [3.63, 3.8) is 0 Å². The normalized spacial score (nSPS) is 13.5. The number of anilines is 1. The molecule has 16 heavy (non-hydrogen) atoms. The van der Waals surface area contributed by atoms with E-state index in [0.717, 1.165) is 0 Å². The summed E-state index contributed by atoms with van der Waals surface area (Å²) >= 11 is 0. The number of aryl methyl sites for hydroxylation is 1. The van der Waals surface area contributed by atoms with Crippen LogP contribution >= 0.6 is 0 Å². The first-order valence-electron chi connectivity index (χ1n) is 4.98. The van der Waals surface area contributed by atoms with Crippen LogP contribution in [0.4, 0.5) is 10.1 Å². The summed E-state index contributed by atoms with van der Waals surface area (Å²) in [7, 11) is -3.02. The van der Waals surface area contributed by atoms with Crippen LogP contribution in [-0.2, 0) is 9.84 Å². The van der Waals surface area contributed by atoms with Gasteiger partial charge in [0.1, 0.15) is 15.7 Å². The number of sulfone groups is 1. The van der Waals surface area contributed by atoms with E-state index in [2.05, 4.69) is 5.32 Å². The highest BCUT2D eigenvalue weighted by molar-refractivity contribution is 7.90. The quantitative estimate of drug-likeness (QED) is 0.882. The van der Waals surface area contributed by atoms with E-state index in [1.54, 1.807) is 26.0 Å². The molecule has 1 unspecified atom stereocenters. The maximum absolute atomic E-state index is 13.2. The summed E-state index contributed by atoms with van der Waals surface area (Å²) < 4.78 is 35.3. The molecule has 90 valence electrons. The molecule has 0 aliphatic rings. The van der Waals surface area contributed by atoms with E-state index in [-0.39, 0.29) is 17.6 Å². The Morgan fingerprint density at radius 3 is 2.56 bits per heavy atom. The molecule has 0 aromatic heterocycles. The molecule has 1 atom stereocenters. The molecule has 0 saturated heterocycles. The minimum atomic E-state index is -3.02. The Hall–Kier alpha value is -1.10. The Balaban J connectivity index is 2.70. The number of benzene rings is 1. The summed E-state index contributed by atoms with van der Waals surface area (Å²) in [6.45, 7) is 3.43. The molecule has 1 N–H and O–H groups in total. The molecule has 0 bridgehead atoms. The first kappa shape index (κ1) is 13.0. The summed E-state index contributed by atoms with van der Waals surface area (Å²) in [6, 6.07) is 4.52. The van der Waals surface area contributed by atoms with Crippen LogP contribution in [0.3, 0.4) is 0 Å². The van der Waals surface area contributed by atoms with E-state index >= 15 is 0 Å². The number of rotatable bonds is 4. The topological polar surface area (TPSA) is 46.2 Å². The predicted molar refractivity (Wildman–Crippen MR) is 63.9 cm³/mol. The molecule has 0 saturated carbocycles. The SMILES string of the molecule is Cc1ccc(NC(C)CS(C)(=O)=O)cc1F. The molecule has 0 aliphatic heterocycles. The minimum absolute atomic E-state index is 0.0303. The van der Waals surface area contributed by atoms with E-state index in [9.17, 15) is 12.8 Å². The highest BCUT2D eigenvalue weighted by Crippen LogP contribution is 2.14. The van der Waals surface area contributed by atoms with Crippen LogP contribution < -0.4 is 5.32 Å². The van der Waals surface area contributed by atoms with Crippen LogP contribution in [0.1, 0.15) is 12.5 Å². The average molecular weight is 245 g/mol. The maximum atomic E-state index is 13.2. The fraction of sp³-hybridized carbons (Fsp3) is 0.455. The van der Waals surface area contributed by atoms with Gasteiger partial charge in [0.25, 0.3) is 0 Å². The zero-order chi connectivity index (χ0) is 12.3. The fourth-order valence-corrected chi connectivity index (χ4v) is 2.45. The molecule has 0 amide bonds. The van der Waals surface area contributed by atoms with Gasteiger partial charge in [0.05, 0.1) is 5.75 Å². The first-order valence-corrected chi connectivity index (χ1v) is 7.04. The van der Waals surface area contributed by atoms with Crippen molar-refractivity contribution in [2.24, 2.45) is 0 Å². The van der Waals surface area contributed by atoms with Crippen LogP contribution in [-0.4, -0.2) is 26.5 Å². The van der Waals surface area contributed by atoms with Gasteiger partial charge in [0, 0.05) is 18.0 Å². The van der Waals surface area contributed by atoms with Gasteiger partial charge in [-0.1, -0.05) is 6.07 Å². The molecule has 1 aromatic rings.